The molecule has 0 bridgehead atoms. The Labute approximate surface area is 124 Å². The number of fused-ring (bicyclic) bond motifs is 1. The molecule has 0 spiro atoms. The maximum absolute atomic E-state index is 14.0. The summed E-state index contributed by atoms with van der Waals surface area (Å²) in [5, 5.41) is 8.87. The van der Waals surface area contributed by atoms with Crippen molar-refractivity contribution in [3.63, 3.8) is 0 Å². The quantitative estimate of drug-likeness (QED) is 0.927. The lowest BCUT2D eigenvalue weighted by Crippen LogP contribution is -2.54. The number of piperidine rings is 1. The summed E-state index contributed by atoms with van der Waals surface area (Å²) >= 11 is 0. The van der Waals surface area contributed by atoms with Crippen molar-refractivity contribution in [2.45, 2.75) is 31.8 Å². The molecule has 2 heterocycles. The number of aromatic carboxylic acids is 1. The van der Waals surface area contributed by atoms with Gasteiger partial charge in [0, 0.05) is 37.8 Å². The van der Waals surface area contributed by atoms with Gasteiger partial charge in [0.1, 0.15) is 5.82 Å². The highest BCUT2D eigenvalue weighted by molar-refractivity contribution is 5.87. The van der Waals surface area contributed by atoms with Crippen LogP contribution in [0.5, 0.6) is 0 Å². The van der Waals surface area contributed by atoms with Crippen molar-refractivity contribution in [2.24, 2.45) is 0 Å². The fourth-order valence-corrected chi connectivity index (χ4v) is 3.41. The van der Waals surface area contributed by atoms with Crippen LogP contribution in [0.25, 0.3) is 0 Å². The summed E-state index contributed by atoms with van der Waals surface area (Å²) in [6.07, 6.45) is 3.81. The Morgan fingerprint density at radius 1 is 1.29 bits per heavy atom. The zero-order valence-corrected chi connectivity index (χ0v) is 12.1. The maximum Gasteiger partial charge on any atom is 0.335 e. The fourth-order valence-electron chi connectivity index (χ4n) is 3.41. The number of piperazine rings is 1. The molecule has 0 aromatic heterocycles. The molecule has 2 saturated heterocycles. The van der Waals surface area contributed by atoms with Crippen LogP contribution in [-0.4, -0.2) is 53.1 Å². The van der Waals surface area contributed by atoms with Crippen molar-refractivity contribution in [3.8, 4) is 0 Å². The third kappa shape index (κ3) is 3.24. The summed E-state index contributed by atoms with van der Waals surface area (Å²) in [7, 11) is 0. The van der Waals surface area contributed by atoms with Gasteiger partial charge >= 0.3 is 5.97 Å². The Hall–Kier alpha value is -1.46. The molecule has 3 rings (SSSR count). The highest BCUT2D eigenvalue weighted by Gasteiger charge is 2.29. The van der Waals surface area contributed by atoms with Crippen molar-refractivity contribution in [3.05, 3.63) is 35.1 Å². The molecule has 4 nitrogen and oxygen atoms in total. The highest BCUT2D eigenvalue weighted by Crippen LogP contribution is 2.22. The predicted octanol–water partition coefficient (Wildman–Crippen LogP) is 2.19. The molecule has 2 aliphatic heterocycles. The Balaban J connectivity index is 1.65. The van der Waals surface area contributed by atoms with Crippen LogP contribution in [0.3, 0.4) is 0 Å². The Morgan fingerprint density at radius 3 is 2.90 bits per heavy atom. The van der Waals surface area contributed by atoms with Crippen LogP contribution in [0.4, 0.5) is 4.39 Å². The van der Waals surface area contributed by atoms with E-state index in [2.05, 4.69) is 9.80 Å². The zero-order chi connectivity index (χ0) is 14.8. The molecule has 2 aliphatic rings. The van der Waals surface area contributed by atoms with Crippen molar-refractivity contribution in [2.75, 3.05) is 26.2 Å². The van der Waals surface area contributed by atoms with Crippen LogP contribution in [0.1, 0.15) is 35.2 Å². The lowest BCUT2D eigenvalue weighted by atomic mass is 9.99. The van der Waals surface area contributed by atoms with Crippen molar-refractivity contribution in [1.82, 2.24) is 9.80 Å². The van der Waals surface area contributed by atoms with E-state index in [-0.39, 0.29) is 5.56 Å². The molecule has 2 fully saturated rings. The van der Waals surface area contributed by atoms with Gasteiger partial charge in [-0.3, -0.25) is 9.80 Å². The highest BCUT2D eigenvalue weighted by atomic mass is 19.1. The molecule has 1 atom stereocenters. The van der Waals surface area contributed by atoms with E-state index in [1.807, 2.05) is 0 Å². The number of rotatable bonds is 3. The molecule has 1 aromatic rings. The molecule has 114 valence electrons. The first-order valence-corrected chi connectivity index (χ1v) is 7.61. The van der Waals surface area contributed by atoms with E-state index < -0.39 is 11.8 Å². The molecule has 0 radical (unpaired) electrons. The lowest BCUT2D eigenvalue weighted by Gasteiger charge is -2.44. The molecule has 0 saturated carbocycles. The summed E-state index contributed by atoms with van der Waals surface area (Å²) < 4.78 is 14.0. The van der Waals surface area contributed by atoms with Crippen LogP contribution >= 0.6 is 0 Å². The van der Waals surface area contributed by atoms with Gasteiger partial charge in [0.05, 0.1) is 5.56 Å². The Kier molecular flexibility index (Phi) is 4.22. The smallest absolute Gasteiger partial charge is 0.335 e. The number of hydrogen-bond donors (Lipinski definition) is 1. The van der Waals surface area contributed by atoms with Crippen LogP contribution in [0, 0.1) is 5.82 Å². The molecule has 21 heavy (non-hydrogen) atoms. The zero-order valence-electron chi connectivity index (χ0n) is 12.1. The van der Waals surface area contributed by atoms with Crippen molar-refractivity contribution < 1.29 is 14.3 Å². The van der Waals surface area contributed by atoms with Gasteiger partial charge in [-0.15, -0.1) is 0 Å². The van der Waals surface area contributed by atoms with E-state index in [9.17, 15) is 9.18 Å². The summed E-state index contributed by atoms with van der Waals surface area (Å²) in [6.45, 7) is 4.76. The first kappa shape index (κ1) is 14.5. The van der Waals surface area contributed by atoms with Gasteiger partial charge in [-0.25, -0.2) is 9.18 Å². The number of nitrogens with zero attached hydrogens (tertiary/aromatic N) is 2. The minimum atomic E-state index is -1.09. The van der Waals surface area contributed by atoms with Gasteiger partial charge in [0.25, 0.3) is 0 Å². The van der Waals surface area contributed by atoms with Gasteiger partial charge < -0.3 is 5.11 Å². The molecule has 1 N–H and O–H groups in total. The Bertz CT molecular complexity index is 535. The fraction of sp³-hybridized carbons (Fsp3) is 0.562. The average molecular weight is 292 g/mol. The summed E-state index contributed by atoms with van der Waals surface area (Å²) in [6, 6.07) is 4.81. The van der Waals surface area contributed by atoms with Crippen LogP contribution in [-0.2, 0) is 6.54 Å². The molecule has 1 unspecified atom stereocenters. The van der Waals surface area contributed by atoms with Gasteiger partial charge in [-0.1, -0.05) is 12.5 Å². The molecule has 1 aromatic carbocycles. The second-order valence-electron chi connectivity index (χ2n) is 6.03. The molecule has 0 aliphatic carbocycles. The van der Waals surface area contributed by atoms with Crippen LogP contribution in [0.2, 0.25) is 0 Å². The topological polar surface area (TPSA) is 43.8 Å². The van der Waals surface area contributed by atoms with Crippen molar-refractivity contribution >= 4 is 5.97 Å². The van der Waals surface area contributed by atoms with E-state index in [0.717, 1.165) is 25.7 Å². The molecule has 5 heteroatoms. The first-order valence-electron chi connectivity index (χ1n) is 7.61. The standard InChI is InChI=1S/C16H21FN2O2/c17-15-9-12(16(20)21)4-5-13(15)10-18-7-8-19-6-2-1-3-14(19)11-18/h4-5,9,14H,1-3,6-8,10-11H2,(H,20,21). The summed E-state index contributed by atoms with van der Waals surface area (Å²) in [5.74, 6) is -1.50. The van der Waals surface area contributed by atoms with Gasteiger partial charge in [-0.05, 0) is 31.5 Å². The number of carboxylic acids is 1. The van der Waals surface area contributed by atoms with Crippen molar-refractivity contribution in [1.29, 1.82) is 0 Å². The SMILES string of the molecule is O=C(O)c1ccc(CN2CCN3CCCCC3C2)c(F)c1. The number of halogens is 1. The average Bonchev–Trinajstić information content (AvgIpc) is 2.49. The third-order valence-electron chi connectivity index (χ3n) is 4.62. The second-order valence-corrected chi connectivity index (χ2v) is 6.03. The Morgan fingerprint density at radius 2 is 2.14 bits per heavy atom. The minimum absolute atomic E-state index is 0.00773. The number of carbonyl (C=O) groups is 1. The van der Waals surface area contributed by atoms with Gasteiger partial charge in [0.15, 0.2) is 0 Å². The molecule has 0 amide bonds. The van der Waals surface area contributed by atoms with E-state index in [1.165, 1.54) is 31.9 Å². The van der Waals surface area contributed by atoms with E-state index in [0.29, 0.717) is 18.2 Å². The molecular formula is C16H21FN2O2. The van der Waals surface area contributed by atoms with Crippen LogP contribution < -0.4 is 0 Å². The van der Waals surface area contributed by atoms with E-state index in [4.69, 9.17) is 5.11 Å². The van der Waals surface area contributed by atoms with E-state index in [1.54, 1.807) is 6.07 Å². The second kappa shape index (κ2) is 6.12. The maximum atomic E-state index is 14.0. The number of hydrogen-bond acceptors (Lipinski definition) is 3. The number of benzene rings is 1. The largest absolute Gasteiger partial charge is 0.478 e. The first-order chi connectivity index (χ1) is 10.1. The summed E-state index contributed by atoms with van der Waals surface area (Å²) in [4.78, 5) is 15.7. The lowest BCUT2D eigenvalue weighted by molar-refractivity contribution is 0.0452. The van der Waals surface area contributed by atoms with Gasteiger partial charge in [0.2, 0.25) is 0 Å². The predicted molar refractivity (Wildman–Crippen MR) is 77.8 cm³/mol. The molecular weight excluding hydrogens is 271 g/mol. The van der Waals surface area contributed by atoms with Gasteiger partial charge in [-0.2, -0.15) is 0 Å². The minimum Gasteiger partial charge on any atom is -0.478 e. The third-order valence-corrected chi connectivity index (χ3v) is 4.62. The number of carboxylic acid groups (broad SMARTS) is 1. The summed E-state index contributed by atoms with van der Waals surface area (Å²) in [5.41, 5.74) is 0.595. The normalized spacial score (nSPS) is 23.8. The monoisotopic (exact) mass is 292 g/mol. The van der Waals surface area contributed by atoms with E-state index >= 15 is 0 Å². The van der Waals surface area contributed by atoms with Crippen LogP contribution in [0.15, 0.2) is 18.2 Å².